The van der Waals surface area contributed by atoms with Gasteiger partial charge in [0.1, 0.15) is 11.6 Å². The predicted molar refractivity (Wildman–Crippen MR) is 474 cm³/mol. The van der Waals surface area contributed by atoms with E-state index in [2.05, 4.69) is 275 Å². The molecule has 6 aliphatic rings. The summed E-state index contributed by atoms with van der Waals surface area (Å²) in [6.07, 6.45) is 24.7. The standard InChI is InChI=1S/C90H168N22/c1-31-36-41-68(62-50-79(6,7)102-80(8,9)51-62)70-93-71(69(42-37-32-2)63-52-81(10,11)103-82(12,13)53-63)95-72(94-70)91-43-48-109(49-44-92-73-96-74(108(30)64-54-83(14,15)104-84(16,17)55-64)98-76(97-73)110(45-38-33-3)65-56-85(18,19)105-86(20,21)57-65)75-99-77(111(46-39-34-4)66-58-87(22,23)106-88(24,25)59-66)101-78(100-75)112(47-40-35-5)67-60-89(26,27)107-90(28,29)61-67/h62-69,102-107H,31-61H2,1-30H3,(H,91,93,94,95)(H,92,96,97,98). The van der Waals surface area contributed by atoms with Crippen molar-refractivity contribution in [2.24, 2.45) is 11.8 Å². The van der Waals surface area contributed by atoms with Gasteiger partial charge in [0.25, 0.3) is 0 Å². The lowest BCUT2D eigenvalue weighted by Crippen LogP contribution is -2.63. The molecule has 0 bridgehead atoms. The molecule has 6 aliphatic heterocycles. The largest absolute Gasteiger partial charge is 0.352 e. The topological polar surface area (TPSA) is 228 Å². The normalized spacial score (nSPS) is 23.9. The first-order valence-electron chi connectivity index (χ1n) is 45.1. The molecule has 2 unspecified atom stereocenters. The van der Waals surface area contributed by atoms with E-state index in [0.29, 0.717) is 61.8 Å². The van der Waals surface area contributed by atoms with Gasteiger partial charge >= 0.3 is 0 Å². The minimum atomic E-state index is -0.112. The summed E-state index contributed by atoms with van der Waals surface area (Å²) in [5.41, 5.74) is -0.953. The molecule has 0 spiro atoms. The predicted octanol–water partition coefficient (Wildman–Crippen LogP) is 17.4. The van der Waals surface area contributed by atoms with E-state index in [-0.39, 0.29) is 102 Å². The summed E-state index contributed by atoms with van der Waals surface area (Å²) in [7, 11) is 2.22. The van der Waals surface area contributed by atoms with Gasteiger partial charge in [0.2, 0.25) is 41.6 Å². The van der Waals surface area contributed by atoms with Crippen LogP contribution in [-0.4, -0.2) is 188 Å². The van der Waals surface area contributed by atoms with Gasteiger partial charge in [0, 0.05) is 155 Å². The highest BCUT2D eigenvalue weighted by Crippen LogP contribution is 2.47. The van der Waals surface area contributed by atoms with Crippen LogP contribution >= 0.6 is 0 Å². The third-order valence-electron chi connectivity index (χ3n) is 25.4. The zero-order valence-electron chi connectivity index (χ0n) is 77.3. The quantitative estimate of drug-likeness (QED) is 0.0271. The smallest absolute Gasteiger partial charge is 0.232 e. The van der Waals surface area contributed by atoms with Crippen molar-refractivity contribution in [1.82, 2.24) is 76.8 Å². The maximum absolute atomic E-state index is 5.91. The van der Waals surface area contributed by atoms with Crippen molar-refractivity contribution < 1.29 is 0 Å². The van der Waals surface area contributed by atoms with Crippen molar-refractivity contribution in [2.45, 2.75) is 457 Å². The first-order valence-corrected chi connectivity index (χ1v) is 45.1. The van der Waals surface area contributed by atoms with Gasteiger partial charge in [-0.2, -0.15) is 39.9 Å². The van der Waals surface area contributed by atoms with Crippen LogP contribution in [0.1, 0.15) is 378 Å². The number of nitrogens with one attached hydrogen (secondary N) is 8. The summed E-state index contributed by atoms with van der Waals surface area (Å²) in [5, 5.41) is 32.1. The Labute approximate surface area is 683 Å². The third-order valence-corrected chi connectivity index (χ3v) is 25.4. The molecule has 638 valence electrons. The Morgan fingerprint density at radius 1 is 0.295 bits per heavy atom. The molecular formula is C90H168N22. The molecule has 9 heterocycles. The lowest BCUT2D eigenvalue weighted by molar-refractivity contribution is 0.105. The fraction of sp³-hybridized carbons (Fsp3) is 0.900. The molecule has 9 rings (SSSR count). The van der Waals surface area contributed by atoms with Gasteiger partial charge in [-0.15, -0.1) is 0 Å². The van der Waals surface area contributed by atoms with Crippen LogP contribution in [0, 0.1) is 11.8 Å². The Morgan fingerprint density at radius 2 is 0.545 bits per heavy atom. The second kappa shape index (κ2) is 35.9. The number of unbranched alkanes of at least 4 members (excludes halogenated alkanes) is 5. The molecule has 3 aromatic heterocycles. The lowest BCUT2D eigenvalue weighted by atomic mass is 9.69. The minimum absolute atomic E-state index is 0.0403. The van der Waals surface area contributed by atoms with Crippen LogP contribution in [0.2, 0.25) is 0 Å². The van der Waals surface area contributed by atoms with Crippen LogP contribution in [0.25, 0.3) is 0 Å². The Kier molecular flexibility index (Phi) is 29.3. The summed E-state index contributed by atoms with van der Waals surface area (Å²) in [6, 6.07) is 0.772. The molecule has 0 amide bonds. The summed E-state index contributed by atoms with van der Waals surface area (Å²) in [6.45, 7) is 73.2. The average molecular weight is 1560 g/mol. The molecule has 6 fully saturated rings. The van der Waals surface area contributed by atoms with Crippen LogP contribution in [0.3, 0.4) is 0 Å². The molecule has 112 heavy (non-hydrogen) atoms. The summed E-state index contributed by atoms with van der Waals surface area (Å²) >= 11 is 0. The van der Waals surface area contributed by atoms with Crippen molar-refractivity contribution in [3.05, 3.63) is 11.6 Å². The van der Waals surface area contributed by atoms with Gasteiger partial charge < -0.3 is 67.0 Å². The summed E-state index contributed by atoms with van der Waals surface area (Å²) in [5.74, 6) is 7.94. The van der Waals surface area contributed by atoms with Crippen molar-refractivity contribution in [3.8, 4) is 0 Å². The third kappa shape index (κ3) is 25.7. The SMILES string of the molecule is CCCCC(c1nc(NCCN(CCNc2nc(N(C)C3CC(C)(C)NC(C)(C)C3)nc(N(CCCC)C3CC(C)(C)NC(C)(C)C3)n2)c2nc(N(CCCC)C3CC(C)(C)NC(C)(C)C3)nc(N(CCCC)C3CC(C)(C)NC(C)(C)C3)n2)nc(C(CCCC)C2CC(C)(C)NC(C)(C)C2)n1)C1CC(C)(C)NC(C)(C)C1. The van der Waals surface area contributed by atoms with Gasteiger partial charge in [0.15, 0.2) is 0 Å². The van der Waals surface area contributed by atoms with Crippen LogP contribution in [-0.2, 0) is 0 Å². The summed E-state index contributed by atoms with van der Waals surface area (Å²) in [4.78, 5) is 64.3. The maximum Gasteiger partial charge on any atom is 0.232 e. The Bertz CT molecular complexity index is 3250. The van der Waals surface area contributed by atoms with Crippen LogP contribution in [0.4, 0.5) is 41.6 Å². The van der Waals surface area contributed by atoms with E-state index in [1.165, 1.54) is 0 Å². The van der Waals surface area contributed by atoms with Gasteiger partial charge in [-0.25, -0.2) is 4.98 Å². The minimum Gasteiger partial charge on any atom is -0.352 e. The van der Waals surface area contributed by atoms with E-state index in [1.807, 2.05) is 0 Å². The molecule has 22 nitrogen and oxygen atoms in total. The highest BCUT2D eigenvalue weighted by molar-refractivity contribution is 5.51. The Hall–Kier alpha value is -4.61. The monoisotopic (exact) mass is 1560 g/mol. The number of nitrogens with zero attached hydrogens (tertiary/aromatic N) is 14. The van der Waals surface area contributed by atoms with Crippen LogP contribution < -0.4 is 67.0 Å². The van der Waals surface area contributed by atoms with E-state index in [4.69, 9.17) is 44.9 Å². The fourth-order valence-electron chi connectivity index (χ4n) is 23.1. The highest BCUT2D eigenvalue weighted by atomic mass is 15.4. The van der Waals surface area contributed by atoms with Gasteiger partial charge in [-0.05, 0) is 287 Å². The lowest BCUT2D eigenvalue weighted by Gasteiger charge is -2.50. The van der Waals surface area contributed by atoms with Crippen molar-refractivity contribution in [1.29, 1.82) is 0 Å². The van der Waals surface area contributed by atoms with E-state index in [1.54, 1.807) is 0 Å². The second-order valence-corrected chi connectivity index (χ2v) is 44.4. The summed E-state index contributed by atoms with van der Waals surface area (Å²) < 4.78 is 0. The molecule has 0 aromatic carbocycles. The Balaban J connectivity index is 1.22. The molecule has 0 radical (unpaired) electrons. The fourth-order valence-corrected chi connectivity index (χ4v) is 23.1. The first kappa shape index (κ1) is 91.3. The van der Waals surface area contributed by atoms with Crippen molar-refractivity contribution in [2.75, 3.05) is 88.0 Å². The zero-order chi connectivity index (χ0) is 82.6. The number of anilines is 7. The number of aromatic nitrogens is 9. The number of hydrogen-bond donors (Lipinski definition) is 8. The zero-order valence-corrected chi connectivity index (χ0v) is 77.3. The van der Waals surface area contributed by atoms with E-state index in [0.717, 1.165) is 203 Å². The van der Waals surface area contributed by atoms with Gasteiger partial charge in [-0.3, -0.25) is 0 Å². The Morgan fingerprint density at radius 3 is 0.848 bits per heavy atom. The molecule has 6 saturated heterocycles. The number of piperidine rings is 6. The van der Waals surface area contributed by atoms with E-state index < -0.39 is 0 Å². The molecule has 2 atom stereocenters. The molecule has 3 aromatic rings. The second-order valence-electron chi connectivity index (χ2n) is 44.4. The van der Waals surface area contributed by atoms with Crippen molar-refractivity contribution >= 4 is 41.6 Å². The van der Waals surface area contributed by atoms with Gasteiger partial charge in [0.05, 0.1) is 0 Å². The van der Waals surface area contributed by atoms with E-state index >= 15 is 0 Å². The molecule has 22 heteroatoms. The maximum atomic E-state index is 5.91. The number of hydrogen-bond acceptors (Lipinski definition) is 22. The van der Waals surface area contributed by atoms with Crippen LogP contribution in [0.15, 0.2) is 0 Å². The van der Waals surface area contributed by atoms with E-state index in [9.17, 15) is 0 Å². The van der Waals surface area contributed by atoms with Crippen molar-refractivity contribution in [3.63, 3.8) is 0 Å². The molecule has 0 aliphatic carbocycles. The van der Waals surface area contributed by atoms with Gasteiger partial charge in [-0.1, -0.05) is 79.6 Å². The average Bonchev–Trinajstić information content (AvgIpc) is 0.779. The molecular weight excluding hydrogens is 1390 g/mol. The molecule has 0 saturated carbocycles. The van der Waals surface area contributed by atoms with Crippen LogP contribution in [0.5, 0.6) is 0 Å². The highest BCUT2D eigenvalue weighted by Gasteiger charge is 2.49. The first-order chi connectivity index (χ1) is 51.9. The molecule has 8 N–H and O–H groups in total. The number of rotatable bonds is 36.